The van der Waals surface area contributed by atoms with E-state index in [0.717, 1.165) is 58.3 Å². The lowest BCUT2D eigenvalue weighted by atomic mass is 9.80. The van der Waals surface area contributed by atoms with Crippen molar-refractivity contribution in [2.24, 2.45) is 5.41 Å². The highest BCUT2D eigenvalue weighted by atomic mass is 16.5. The minimum atomic E-state index is -0.00934. The fourth-order valence-corrected chi connectivity index (χ4v) is 8.01. The number of fused-ring (bicyclic) bond motifs is 4. The Kier molecular flexibility index (Phi) is 9.59. The number of para-hydroxylation sites is 2. The first kappa shape index (κ1) is 39.4. The van der Waals surface area contributed by atoms with Crippen LogP contribution in [0.25, 0.3) is 45.2 Å². The quantitative estimate of drug-likeness (QED) is 0.177. The summed E-state index contributed by atoms with van der Waals surface area (Å²) in [6.07, 6.45) is 6.57. The lowest BCUT2D eigenvalue weighted by molar-refractivity contribution is -0.567. The molecule has 3 aromatic heterocycles. The first-order valence-corrected chi connectivity index (χ1v) is 20.8. The Balaban J connectivity index is 1.22. The molecule has 0 amide bonds. The van der Waals surface area contributed by atoms with Crippen LogP contribution in [0.5, 0.6) is 11.5 Å². The van der Waals surface area contributed by atoms with E-state index in [-0.39, 0.29) is 21.7 Å². The van der Waals surface area contributed by atoms with Crippen LogP contribution in [0.1, 0.15) is 111 Å². The molecule has 0 saturated heterocycles. The number of benzene rings is 4. The molecular weight excluding hydrogens is 711 g/mol. The molecule has 8 rings (SSSR count). The molecule has 4 aromatic carbocycles. The van der Waals surface area contributed by atoms with Gasteiger partial charge in [0.25, 0.3) is 6.33 Å². The van der Waals surface area contributed by atoms with Crippen molar-refractivity contribution in [2.75, 3.05) is 6.54 Å². The summed E-state index contributed by atoms with van der Waals surface area (Å²) in [5, 5.41) is 4.94. The molecule has 0 radical (unpaired) electrons. The summed E-state index contributed by atoms with van der Waals surface area (Å²) in [4.78, 5) is 4.96. The van der Waals surface area contributed by atoms with Crippen molar-refractivity contribution >= 4 is 28.0 Å². The summed E-state index contributed by atoms with van der Waals surface area (Å²) in [6, 6.07) is 35.0. The van der Waals surface area contributed by atoms with Crippen LogP contribution < -0.4 is 14.6 Å². The summed E-state index contributed by atoms with van der Waals surface area (Å²) in [5.41, 5.74) is 13.3. The zero-order valence-electron chi connectivity index (χ0n) is 36.6. The lowest BCUT2D eigenvalue weighted by Crippen LogP contribution is -2.31. The van der Waals surface area contributed by atoms with Crippen molar-refractivity contribution in [3.63, 3.8) is 0 Å². The summed E-state index contributed by atoms with van der Waals surface area (Å²) in [5.74, 6) is 2.47. The number of nitrogens with one attached hydrogen (secondary N) is 1. The Hall–Kier alpha value is -5.46. The highest BCUT2D eigenvalue weighted by Crippen LogP contribution is 2.39. The van der Waals surface area contributed by atoms with Gasteiger partial charge >= 0.3 is 0 Å². The molecule has 58 heavy (non-hydrogen) atoms. The number of hydrogen-bond donors (Lipinski definition) is 1. The Morgan fingerprint density at radius 1 is 0.621 bits per heavy atom. The molecule has 6 heteroatoms. The highest BCUT2D eigenvalue weighted by Gasteiger charge is 2.28. The molecule has 0 bridgehead atoms. The SMILES string of the molecule is CC(C)(C)C1=Cc2c(n(-c3cc(C(C)(C)C)ccn3)c3cc(Oc4cccc(-n5c[n+](-c6cc(C(C)(C)C)cc(C(C)(C)C)c6)c6ccccc65)c4)ccc23)CNC1. The van der Waals surface area contributed by atoms with Crippen LogP contribution in [0, 0.1) is 5.41 Å². The van der Waals surface area contributed by atoms with Gasteiger partial charge in [0.05, 0.1) is 5.52 Å². The van der Waals surface area contributed by atoms with E-state index in [2.05, 4.69) is 206 Å². The van der Waals surface area contributed by atoms with E-state index < -0.39 is 0 Å². The molecule has 4 heterocycles. The van der Waals surface area contributed by atoms with Crippen LogP contribution in [0.15, 0.2) is 115 Å². The molecule has 0 spiro atoms. The second-order valence-electron chi connectivity index (χ2n) is 20.3. The van der Waals surface area contributed by atoms with Crippen molar-refractivity contribution < 1.29 is 9.30 Å². The van der Waals surface area contributed by atoms with E-state index >= 15 is 0 Å². The van der Waals surface area contributed by atoms with E-state index in [9.17, 15) is 0 Å². The van der Waals surface area contributed by atoms with E-state index in [1.807, 2.05) is 12.3 Å². The minimum absolute atomic E-state index is 0.00934. The van der Waals surface area contributed by atoms with Crippen LogP contribution in [0.2, 0.25) is 0 Å². The van der Waals surface area contributed by atoms with Gasteiger partial charge in [-0.25, -0.2) is 4.98 Å². The number of hydrogen-bond acceptors (Lipinski definition) is 3. The average molecular weight is 771 g/mol. The lowest BCUT2D eigenvalue weighted by Gasteiger charge is -2.25. The fraction of sp³-hybridized carbons (Fsp3) is 0.346. The zero-order chi connectivity index (χ0) is 41.4. The van der Waals surface area contributed by atoms with Gasteiger partial charge in [0, 0.05) is 48.1 Å². The summed E-state index contributed by atoms with van der Waals surface area (Å²) >= 11 is 0. The first-order valence-electron chi connectivity index (χ1n) is 20.8. The molecule has 7 aromatic rings. The zero-order valence-corrected chi connectivity index (χ0v) is 36.6. The molecule has 1 N–H and O–H groups in total. The predicted molar refractivity (Wildman–Crippen MR) is 241 cm³/mol. The van der Waals surface area contributed by atoms with Gasteiger partial charge < -0.3 is 10.1 Å². The van der Waals surface area contributed by atoms with Crippen LogP contribution in [-0.2, 0) is 22.8 Å². The Bertz CT molecular complexity index is 2680. The Morgan fingerprint density at radius 3 is 2.00 bits per heavy atom. The van der Waals surface area contributed by atoms with Crippen LogP contribution in [-0.4, -0.2) is 20.7 Å². The van der Waals surface area contributed by atoms with E-state index in [4.69, 9.17) is 9.72 Å². The number of nitrogens with zero attached hydrogens (tertiary/aromatic N) is 4. The number of aromatic nitrogens is 4. The molecule has 6 nitrogen and oxygen atoms in total. The maximum atomic E-state index is 6.77. The molecule has 1 aliphatic heterocycles. The maximum absolute atomic E-state index is 6.77. The fourth-order valence-electron chi connectivity index (χ4n) is 8.01. The van der Waals surface area contributed by atoms with Crippen LogP contribution in [0.3, 0.4) is 0 Å². The summed E-state index contributed by atoms with van der Waals surface area (Å²) in [6.45, 7) is 29.0. The van der Waals surface area contributed by atoms with E-state index in [1.165, 1.54) is 38.9 Å². The second-order valence-corrected chi connectivity index (χ2v) is 20.3. The average Bonchev–Trinajstić information content (AvgIpc) is 3.59. The Labute approximate surface area is 345 Å². The normalized spacial score (nSPS) is 14.1. The van der Waals surface area contributed by atoms with Gasteiger partial charge in [-0.3, -0.25) is 4.57 Å². The van der Waals surface area contributed by atoms with E-state index in [1.54, 1.807) is 0 Å². The number of rotatable bonds is 5. The van der Waals surface area contributed by atoms with Gasteiger partial charge in [0.15, 0.2) is 11.0 Å². The smallest absolute Gasteiger partial charge is 0.255 e. The van der Waals surface area contributed by atoms with Crippen molar-refractivity contribution in [1.29, 1.82) is 0 Å². The van der Waals surface area contributed by atoms with Crippen LogP contribution in [0.4, 0.5) is 0 Å². The van der Waals surface area contributed by atoms with E-state index in [0.29, 0.717) is 0 Å². The van der Waals surface area contributed by atoms with Gasteiger partial charge in [-0.05, 0) is 99.0 Å². The largest absolute Gasteiger partial charge is 0.457 e. The van der Waals surface area contributed by atoms with Crippen molar-refractivity contribution in [2.45, 2.75) is 106 Å². The standard InChI is InChI=1S/C52H60N5O/c1-49(2,3)34-22-23-54-48(28-34)57-46-30-41(20-21-42(46)43-27-37(52(10,11)12)31-53-32-47(43)57)58-40-17-15-16-38(29-40)55-33-56(45-19-14-13-18-44(45)55)39-25-35(50(4,5)6)24-36(26-39)51(7,8)9/h13-30,33,53H,31-32H2,1-12H3/q+1. The molecule has 0 fully saturated rings. The van der Waals surface area contributed by atoms with Crippen molar-refractivity contribution in [1.82, 2.24) is 19.4 Å². The predicted octanol–water partition coefficient (Wildman–Crippen LogP) is 12.5. The molecule has 1 aliphatic rings. The van der Waals surface area contributed by atoms with Gasteiger partial charge in [-0.2, -0.15) is 9.13 Å². The molecule has 0 aliphatic carbocycles. The Morgan fingerprint density at radius 2 is 1.31 bits per heavy atom. The molecule has 0 atom stereocenters. The summed E-state index contributed by atoms with van der Waals surface area (Å²) < 4.78 is 13.7. The van der Waals surface area contributed by atoms with Gasteiger partial charge in [-0.1, -0.05) is 119 Å². The summed E-state index contributed by atoms with van der Waals surface area (Å²) in [7, 11) is 0. The van der Waals surface area contributed by atoms with Gasteiger partial charge in [0.2, 0.25) is 0 Å². The van der Waals surface area contributed by atoms with Gasteiger partial charge in [0.1, 0.15) is 28.7 Å². The third-order valence-corrected chi connectivity index (χ3v) is 11.7. The molecule has 0 unspecified atom stereocenters. The second kappa shape index (κ2) is 14.1. The minimum Gasteiger partial charge on any atom is -0.457 e. The monoisotopic (exact) mass is 770 g/mol. The van der Waals surface area contributed by atoms with Crippen molar-refractivity contribution in [3.8, 4) is 28.7 Å². The topological polar surface area (TPSA) is 47.9 Å². The highest BCUT2D eigenvalue weighted by molar-refractivity contribution is 5.94. The third-order valence-electron chi connectivity index (χ3n) is 11.7. The number of pyridine rings is 1. The number of ether oxygens (including phenoxy) is 1. The first-order chi connectivity index (χ1) is 27.3. The third kappa shape index (κ3) is 7.51. The molecular formula is C52H60N5O+. The van der Waals surface area contributed by atoms with Crippen LogP contribution >= 0.6 is 0 Å². The maximum Gasteiger partial charge on any atom is 0.255 e. The molecule has 298 valence electrons. The number of imidazole rings is 1. The molecule has 0 saturated carbocycles. The van der Waals surface area contributed by atoms with Crippen molar-refractivity contribution in [3.05, 3.63) is 143 Å². The van der Waals surface area contributed by atoms with Gasteiger partial charge in [-0.15, -0.1) is 0 Å².